The Labute approximate surface area is 250 Å². The molecule has 1 aliphatic carbocycles. The van der Waals surface area contributed by atoms with Crippen molar-refractivity contribution in [1.82, 2.24) is 10.6 Å². The second-order valence-electron chi connectivity index (χ2n) is 9.69. The first kappa shape index (κ1) is 32.6. The fourth-order valence-electron chi connectivity index (χ4n) is 5.03. The van der Waals surface area contributed by atoms with Gasteiger partial charge in [-0.15, -0.1) is 0 Å². The SMILES string of the molecule is COC(=O)CCNC(=O)[C@@H](CCSC)Nc1ccc2c(cc1=O)[C@H](NC(C)=O)CCc1cc(OC)c(OC)c(OC)c1-2. The highest BCUT2D eigenvalue weighted by atomic mass is 32.2. The maximum atomic E-state index is 13.6. The Morgan fingerprint density at radius 1 is 1.05 bits per heavy atom. The van der Waals surface area contributed by atoms with Crippen LogP contribution in [0.15, 0.2) is 29.1 Å². The molecule has 0 bridgehead atoms. The molecular weight excluding hydrogens is 562 g/mol. The van der Waals surface area contributed by atoms with Gasteiger partial charge in [0.15, 0.2) is 11.5 Å². The number of aryl methyl sites for hydroxylation is 1. The number of esters is 1. The van der Waals surface area contributed by atoms with Gasteiger partial charge in [0.2, 0.25) is 23.0 Å². The van der Waals surface area contributed by atoms with Gasteiger partial charge in [-0.25, -0.2) is 0 Å². The number of hydrogen-bond donors (Lipinski definition) is 3. The van der Waals surface area contributed by atoms with Gasteiger partial charge in [-0.3, -0.25) is 19.2 Å². The molecule has 42 heavy (non-hydrogen) atoms. The first-order valence-electron chi connectivity index (χ1n) is 13.6. The molecule has 0 spiro atoms. The number of fused-ring (bicyclic) bond motifs is 3. The van der Waals surface area contributed by atoms with Crippen LogP contribution in [0.4, 0.5) is 5.69 Å². The van der Waals surface area contributed by atoms with E-state index in [4.69, 9.17) is 14.2 Å². The molecule has 12 heteroatoms. The van der Waals surface area contributed by atoms with Gasteiger partial charge >= 0.3 is 5.97 Å². The van der Waals surface area contributed by atoms with E-state index in [0.29, 0.717) is 53.4 Å². The monoisotopic (exact) mass is 601 g/mol. The highest BCUT2D eigenvalue weighted by Gasteiger charge is 2.30. The second kappa shape index (κ2) is 15.3. The molecule has 0 aliphatic heterocycles. The molecule has 0 aromatic heterocycles. The van der Waals surface area contributed by atoms with Crippen molar-refractivity contribution in [1.29, 1.82) is 0 Å². The van der Waals surface area contributed by atoms with Crippen LogP contribution in [0.2, 0.25) is 0 Å². The third kappa shape index (κ3) is 7.67. The van der Waals surface area contributed by atoms with Gasteiger partial charge in [0.1, 0.15) is 6.04 Å². The average molecular weight is 602 g/mol. The predicted molar refractivity (Wildman–Crippen MR) is 163 cm³/mol. The number of amides is 2. The highest BCUT2D eigenvalue weighted by Crippen LogP contribution is 2.50. The molecule has 2 aromatic carbocycles. The Balaban J connectivity index is 2.14. The minimum Gasteiger partial charge on any atom is -0.493 e. The van der Waals surface area contributed by atoms with Crippen molar-refractivity contribution in [3.63, 3.8) is 0 Å². The van der Waals surface area contributed by atoms with Crippen molar-refractivity contribution >= 4 is 35.2 Å². The van der Waals surface area contributed by atoms with Crippen molar-refractivity contribution in [2.75, 3.05) is 52.3 Å². The van der Waals surface area contributed by atoms with Crippen LogP contribution in [0.3, 0.4) is 0 Å². The van der Waals surface area contributed by atoms with E-state index in [1.165, 1.54) is 34.3 Å². The third-order valence-electron chi connectivity index (χ3n) is 7.03. The van der Waals surface area contributed by atoms with Gasteiger partial charge < -0.3 is 34.9 Å². The summed E-state index contributed by atoms with van der Waals surface area (Å²) in [6.07, 6.45) is 3.53. The number of nitrogens with one attached hydrogen (secondary N) is 3. The molecule has 0 radical (unpaired) electrons. The van der Waals surface area contributed by atoms with Gasteiger partial charge in [-0.1, -0.05) is 6.07 Å². The summed E-state index contributed by atoms with van der Waals surface area (Å²) in [5.41, 5.74) is 2.84. The fourth-order valence-corrected chi connectivity index (χ4v) is 5.50. The Morgan fingerprint density at radius 3 is 2.40 bits per heavy atom. The summed E-state index contributed by atoms with van der Waals surface area (Å²) < 4.78 is 21.7. The zero-order chi connectivity index (χ0) is 30.8. The summed E-state index contributed by atoms with van der Waals surface area (Å²) >= 11 is 1.58. The van der Waals surface area contributed by atoms with Crippen molar-refractivity contribution in [3.05, 3.63) is 45.6 Å². The van der Waals surface area contributed by atoms with Gasteiger partial charge in [-0.2, -0.15) is 11.8 Å². The molecule has 0 fully saturated rings. The number of benzene rings is 1. The average Bonchev–Trinajstić information content (AvgIpc) is 3.22. The minimum atomic E-state index is -0.720. The second-order valence-corrected chi connectivity index (χ2v) is 10.7. The van der Waals surface area contributed by atoms with Crippen LogP contribution in [-0.4, -0.2) is 70.8 Å². The normalized spacial score (nSPS) is 14.3. The molecule has 2 amide bonds. The van der Waals surface area contributed by atoms with Crippen LogP contribution >= 0.6 is 11.8 Å². The van der Waals surface area contributed by atoms with Gasteiger partial charge in [-0.05, 0) is 66.2 Å². The van der Waals surface area contributed by atoms with Crippen molar-refractivity contribution in [2.24, 2.45) is 0 Å². The maximum absolute atomic E-state index is 13.6. The molecule has 0 unspecified atom stereocenters. The lowest BCUT2D eigenvalue weighted by Crippen LogP contribution is -2.41. The lowest BCUT2D eigenvalue weighted by atomic mass is 9.95. The van der Waals surface area contributed by atoms with E-state index in [1.807, 2.05) is 12.3 Å². The third-order valence-corrected chi connectivity index (χ3v) is 7.67. The first-order chi connectivity index (χ1) is 20.2. The highest BCUT2D eigenvalue weighted by molar-refractivity contribution is 7.98. The largest absolute Gasteiger partial charge is 0.493 e. The van der Waals surface area contributed by atoms with E-state index in [1.54, 1.807) is 31.0 Å². The molecule has 11 nitrogen and oxygen atoms in total. The van der Waals surface area contributed by atoms with Crippen LogP contribution < -0.4 is 35.6 Å². The smallest absolute Gasteiger partial charge is 0.307 e. The number of ether oxygens (including phenoxy) is 4. The molecule has 1 aliphatic rings. The number of hydrogen-bond acceptors (Lipinski definition) is 10. The summed E-state index contributed by atoms with van der Waals surface area (Å²) in [4.78, 5) is 50.4. The fraction of sp³-hybridized carbons (Fsp3) is 0.467. The molecule has 228 valence electrons. The van der Waals surface area contributed by atoms with Crippen LogP contribution in [0, 0.1) is 0 Å². The summed E-state index contributed by atoms with van der Waals surface area (Å²) in [6.45, 7) is 1.55. The minimum absolute atomic E-state index is 0.0390. The number of carbonyl (C=O) groups is 3. The van der Waals surface area contributed by atoms with Gasteiger partial charge in [0.05, 0.1) is 46.6 Å². The number of thioether (sulfide) groups is 1. The van der Waals surface area contributed by atoms with Crippen molar-refractivity contribution < 1.29 is 33.3 Å². The number of anilines is 1. The summed E-state index contributed by atoms with van der Waals surface area (Å²) in [7, 11) is 5.90. The van der Waals surface area contributed by atoms with E-state index in [2.05, 4.69) is 20.7 Å². The van der Waals surface area contributed by atoms with E-state index in [-0.39, 0.29) is 35.9 Å². The lowest BCUT2D eigenvalue weighted by Gasteiger charge is -2.19. The zero-order valence-corrected chi connectivity index (χ0v) is 25.7. The molecule has 3 N–H and O–H groups in total. The number of carbonyl (C=O) groups excluding carboxylic acids is 3. The Bertz CT molecular complexity index is 1370. The molecular formula is C30H39N3O8S. The Morgan fingerprint density at radius 2 is 1.79 bits per heavy atom. The quantitative estimate of drug-likeness (QED) is 0.293. The van der Waals surface area contributed by atoms with E-state index >= 15 is 0 Å². The van der Waals surface area contributed by atoms with Crippen LogP contribution in [0.5, 0.6) is 17.2 Å². The molecule has 0 saturated carbocycles. The molecule has 2 aromatic rings. The summed E-state index contributed by atoms with van der Waals surface area (Å²) in [5.74, 6) is 1.05. The van der Waals surface area contributed by atoms with E-state index in [0.717, 1.165) is 11.1 Å². The van der Waals surface area contributed by atoms with Crippen LogP contribution in [0.1, 0.15) is 43.4 Å². The Kier molecular flexibility index (Phi) is 11.9. The van der Waals surface area contributed by atoms with Crippen LogP contribution in [-0.2, 0) is 25.5 Å². The van der Waals surface area contributed by atoms with Gasteiger partial charge in [0, 0.05) is 19.0 Å². The van der Waals surface area contributed by atoms with Crippen molar-refractivity contribution in [2.45, 2.75) is 44.7 Å². The summed E-state index contributed by atoms with van der Waals surface area (Å²) in [6, 6.07) is 5.66. The van der Waals surface area contributed by atoms with E-state index in [9.17, 15) is 19.2 Å². The molecule has 2 atom stereocenters. The first-order valence-corrected chi connectivity index (χ1v) is 15.0. The van der Waals surface area contributed by atoms with Gasteiger partial charge in [0.25, 0.3) is 0 Å². The zero-order valence-electron chi connectivity index (χ0n) is 24.9. The predicted octanol–water partition coefficient (Wildman–Crippen LogP) is 3.08. The lowest BCUT2D eigenvalue weighted by molar-refractivity contribution is -0.140. The topological polar surface area (TPSA) is 141 Å². The van der Waals surface area contributed by atoms with E-state index < -0.39 is 18.1 Å². The summed E-state index contributed by atoms with van der Waals surface area (Å²) in [5, 5.41) is 8.85. The van der Waals surface area contributed by atoms with Crippen LogP contribution in [0.25, 0.3) is 11.1 Å². The molecule has 0 heterocycles. The maximum Gasteiger partial charge on any atom is 0.307 e. The molecule has 0 saturated heterocycles. The molecule has 3 rings (SSSR count). The number of methoxy groups -OCH3 is 4. The standard InChI is InChI=1S/C30H39N3O8S/c1-17(34)32-21-9-7-18-15-25(38-2)28(40-4)29(41-5)27(18)19-8-10-22(24(35)16-20(19)21)33-23(12-14-42-6)30(37)31-13-11-26(36)39-3/h8,10,15-16,21,23H,7,9,11-14H2,1-6H3,(H,31,37)(H,32,34)(H,33,35)/t21-,23-/m1/s1. The number of rotatable bonds is 13. The van der Waals surface area contributed by atoms with Crippen molar-refractivity contribution in [3.8, 4) is 28.4 Å². The Hall–Kier alpha value is -3.93.